The van der Waals surface area contributed by atoms with Gasteiger partial charge in [-0.15, -0.1) is 0 Å². The molecule has 3 aliphatic rings. The highest BCUT2D eigenvalue weighted by molar-refractivity contribution is 5.90. The molecule has 2 aromatic carbocycles. The third-order valence-electron chi connectivity index (χ3n) is 9.24. The van der Waals surface area contributed by atoms with Crippen LogP contribution in [0.1, 0.15) is 54.4 Å². The molecule has 2 atom stereocenters. The van der Waals surface area contributed by atoms with E-state index in [2.05, 4.69) is 68.8 Å². The van der Waals surface area contributed by atoms with Crippen LogP contribution in [0.25, 0.3) is 0 Å². The van der Waals surface area contributed by atoms with Crippen LogP contribution < -0.4 is 16.4 Å². The van der Waals surface area contributed by atoms with Gasteiger partial charge in [-0.05, 0) is 42.9 Å². The van der Waals surface area contributed by atoms with Gasteiger partial charge in [0, 0.05) is 44.7 Å². The molecule has 9 nitrogen and oxygen atoms in total. The Morgan fingerprint density at radius 3 is 2.48 bits per heavy atom. The predicted molar refractivity (Wildman–Crippen MR) is 168 cm³/mol. The average molecular weight is 572 g/mol. The van der Waals surface area contributed by atoms with Crippen molar-refractivity contribution in [2.24, 2.45) is 15.7 Å². The van der Waals surface area contributed by atoms with Crippen LogP contribution in [0.15, 0.2) is 58.5 Å². The highest BCUT2D eigenvalue weighted by Crippen LogP contribution is 2.35. The van der Waals surface area contributed by atoms with Crippen LogP contribution in [0.2, 0.25) is 0 Å². The molecule has 2 heterocycles. The fourth-order valence-electron chi connectivity index (χ4n) is 6.77. The maximum absolute atomic E-state index is 14.0. The number of benzene rings is 2. The number of nitrogens with one attached hydrogen (secondary N) is 2. The minimum atomic E-state index is -0.618. The molecular weight excluding hydrogens is 526 g/mol. The molecule has 2 aromatic rings. The number of amides is 2. The first-order chi connectivity index (χ1) is 20.5. The lowest BCUT2D eigenvalue weighted by Gasteiger charge is -2.49. The molecule has 224 valence electrons. The summed E-state index contributed by atoms with van der Waals surface area (Å²) in [5.74, 6) is -0.124. The molecule has 1 aliphatic carbocycles. The van der Waals surface area contributed by atoms with Crippen molar-refractivity contribution in [3.63, 3.8) is 0 Å². The molecule has 2 fully saturated rings. The van der Waals surface area contributed by atoms with Crippen LogP contribution in [0.3, 0.4) is 0 Å². The topological polar surface area (TPSA) is 115 Å². The molecule has 1 saturated heterocycles. The van der Waals surface area contributed by atoms with Gasteiger partial charge in [-0.3, -0.25) is 19.5 Å². The van der Waals surface area contributed by atoms with Crippen LogP contribution in [0, 0.1) is 6.92 Å². The molecule has 42 heavy (non-hydrogen) atoms. The van der Waals surface area contributed by atoms with Gasteiger partial charge in [-0.2, -0.15) is 0 Å². The maximum Gasteiger partial charge on any atom is 0.245 e. The Morgan fingerprint density at radius 2 is 1.76 bits per heavy atom. The van der Waals surface area contributed by atoms with E-state index in [0.29, 0.717) is 39.0 Å². The fraction of sp³-hybridized carbons (Fsp3) is 0.515. The molecule has 0 radical (unpaired) electrons. The van der Waals surface area contributed by atoms with Crippen molar-refractivity contribution in [3.8, 4) is 0 Å². The van der Waals surface area contributed by atoms with Crippen molar-refractivity contribution in [1.29, 1.82) is 0 Å². The monoisotopic (exact) mass is 571 g/mol. The Labute approximate surface area is 249 Å². The summed E-state index contributed by atoms with van der Waals surface area (Å²) in [5, 5.41) is 6.52. The molecular formula is C33H45N7O2. The van der Waals surface area contributed by atoms with Crippen molar-refractivity contribution in [3.05, 3.63) is 70.8 Å². The Kier molecular flexibility index (Phi) is 10.0. The van der Waals surface area contributed by atoms with Crippen LogP contribution in [0.5, 0.6) is 0 Å². The van der Waals surface area contributed by atoms with Gasteiger partial charge >= 0.3 is 0 Å². The van der Waals surface area contributed by atoms with E-state index in [0.717, 1.165) is 31.5 Å². The Morgan fingerprint density at radius 1 is 1.05 bits per heavy atom. The molecule has 0 bridgehead atoms. The van der Waals surface area contributed by atoms with E-state index in [4.69, 9.17) is 5.73 Å². The molecule has 2 aliphatic heterocycles. The quantitative estimate of drug-likeness (QED) is 0.316. The number of rotatable bonds is 9. The maximum atomic E-state index is 14.0. The number of carbonyl (C=O) groups excluding carboxylic acids is 2. The van der Waals surface area contributed by atoms with Crippen molar-refractivity contribution in [1.82, 2.24) is 20.4 Å². The zero-order valence-corrected chi connectivity index (χ0v) is 24.8. The number of piperazine rings is 1. The highest BCUT2D eigenvalue weighted by atomic mass is 16.2. The molecule has 0 aromatic heterocycles. The molecule has 0 spiro atoms. The lowest BCUT2D eigenvalue weighted by molar-refractivity contribution is -0.139. The Bertz CT molecular complexity index is 1260. The van der Waals surface area contributed by atoms with Crippen LogP contribution in [-0.2, 0) is 29.0 Å². The Hall–Kier alpha value is -3.56. The number of hydrogen-bond donors (Lipinski definition) is 3. The van der Waals surface area contributed by atoms with Gasteiger partial charge in [-0.1, -0.05) is 73.4 Å². The van der Waals surface area contributed by atoms with E-state index in [-0.39, 0.29) is 23.4 Å². The van der Waals surface area contributed by atoms with Gasteiger partial charge in [0.25, 0.3) is 0 Å². The first-order valence-corrected chi connectivity index (χ1v) is 15.4. The van der Waals surface area contributed by atoms with E-state index in [1.165, 1.54) is 42.3 Å². The van der Waals surface area contributed by atoms with Crippen LogP contribution in [0.4, 0.5) is 0 Å². The number of hydrogen-bond acceptors (Lipinski definition) is 5. The van der Waals surface area contributed by atoms with Gasteiger partial charge in [-0.25, -0.2) is 4.99 Å². The second-order valence-corrected chi connectivity index (χ2v) is 12.0. The third-order valence-corrected chi connectivity index (χ3v) is 9.24. The summed E-state index contributed by atoms with van der Waals surface area (Å²) in [6.07, 6.45) is 9.75. The first kappa shape index (κ1) is 29.9. The summed E-state index contributed by atoms with van der Waals surface area (Å²) in [7, 11) is 0. The van der Waals surface area contributed by atoms with E-state index in [9.17, 15) is 9.59 Å². The number of nitrogens with zero attached hydrogens (tertiary/aromatic N) is 4. The zero-order chi connectivity index (χ0) is 29.4. The lowest BCUT2D eigenvalue weighted by Crippen LogP contribution is -2.62. The summed E-state index contributed by atoms with van der Waals surface area (Å²) in [4.78, 5) is 40.5. The summed E-state index contributed by atoms with van der Waals surface area (Å²) >= 11 is 0. The SMILES string of the molecule is Cc1ccc(CC(NC(=O)[C@H]2Cc3ccccc3CN2)C(=O)N2CCN(C3(CN=CN=CN)CCCCC3)CC2)cc1. The second-order valence-electron chi connectivity index (χ2n) is 12.0. The third kappa shape index (κ3) is 7.25. The van der Waals surface area contributed by atoms with Crippen molar-refractivity contribution in [2.45, 2.75) is 76.0 Å². The van der Waals surface area contributed by atoms with Gasteiger partial charge in [0.15, 0.2) is 0 Å². The molecule has 2 amide bonds. The predicted octanol–water partition coefficient (Wildman–Crippen LogP) is 2.60. The van der Waals surface area contributed by atoms with Crippen molar-refractivity contribution < 1.29 is 9.59 Å². The summed E-state index contributed by atoms with van der Waals surface area (Å²) in [5.41, 5.74) is 10.0. The van der Waals surface area contributed by atoms with E-state index in [1.807, 2.05) is 17.0 Å². The second kappa shape index (κ2) is 14.1. The molecule has 5 rings (SSSR count). The summed E-state index contributed by atoms with van der Waals surface area (Å²) < 4.78 is 0. The molecule has 4 N–H and O–H groups in total. The van der Waals surface area contributed by atoms with Gasteiger partial charge in [0.1, 0.15) is 12.4 Å². The first-order valence-electron chi connectivity index (χ1n) is 15.4. The van der Waals surface area contributed by atoms with E-state index in [1.54, 1.807) is 6.34 Å². The van der Waals surface area contributed by atoms with Crippen molar-refractivity contribution in [2.75, 3.05) is 32.7 Å². The van der Waals surface area contributed by atoms with Gasteiger partial charge in [0.05, 0.1) is 18.9 Å². The largest absolute Gasteiger partial charge is 0.390 e. The van der Waals surface area contributed by atoms with Crippen LogP contribution >= 0.6 is 0 Å². The van der Waals surface area contributed by atoms with E-state index >= 15 is 0 Å². The standard InChI is InChI=1S/C33H45N7O2/c1-25-9-11-26(12-10-25)19-30(38-31(41)29-20-27-7-3-4-8-28(27)21-37-29)32(42)39-15-17-40(18-16-39)33(13-5-2-6-14-33)22-35-24-36-23-34/h3-4,7-12,23-24,29-30,37H,2,5-6,13-22H2,1H3,(H,38,41)(H2,34,35,36)/t29-,30?/m1/s1. The normalized spacial score (nSPS) is 21.7. The minimum Gasteiger partial charge on any atom is -0.390 e. The zero-order valence-electron chi connectivity index (χ0n) is 24.8. The van der Waals surface area contributed by atoms with Crippen LogP contribution in [-0.4, -0.2) is 84.6 Å². The molecule has 1 unspecified atom stereocenters. The fourth-order valence-corrected chi connectivity index (χ4v) is 6.77. The smallest absolute Gasteiger partial charge is 0.245 e. The number of nitrogens with two attached hydrogens (primary N) is 1. The number of carbonyl (C=O) groups is 2. The van der Waals surface area contributed by atoms with Gasteiger partial charge < -0.3 is 21.3 Å². The lowest BCUT2D eigenvalue weighted by atomic mass is 9.79. The number of aryl methyl sites for hydroxylation is 1. The summed E-state index contributed by atoms with van der Waals surface area (Å²) in [6, 6.07) is 15.5. The minimum absolute atomic E-state index is 0.00641. The molecule has 1 saturated carbocycles. The van der Waals surface area contributed by atoms with Crippen molar-refractivity contribution >= 4 is 24.5 Å². The average Bonchev–Trinajstić information content (AvgIpc) is 3.03. The number of fused-ring (bicyclic) bond motifs is 1. The summed E-state index contributed by atoms with van der Waals surface area (Å²) in [6.45, 7) is 6.28. The van der Waals surface area contributed by atoms with Gasteiger partial charge in [0.2, 0.25) is 11.8 Å². The Balaban J connectivity index is 1.26. The number of aliphatic imine (C=N–C) groups is 2. The molecule has 9 heteroatoms. The van der Waals surface area contributed by atoms with E-state index < -0.39 is 6.04 Å². The highest BCUT2D eigenvalue weighted by Gasteiger charge is 2.40.